The number of benzene rings is 1. The second-order valence-corrected chi connectivity index (χ2v) is 5.53. The van der Waals surface area contributed by atoms with Crippen molar-refractivity contribution in [1.82, 2.24) is 15.0 Å². The van der Waals surface area contributed by atoms with E-state index in [4.69, 9.17) is 10.5 Å². The van der Waals surface area contributed by atoms with Gasteiger partial charge in [0.1, 0.15) is 23.6 Å². The highest BCUT2D eigenvalue weighted by Gasteiger charge is 2.09. The molecule has 0 aliphatic carbocycles. The van der Waals surface area contributed by atoms with Gasteiger partial charge in [0.25, 0.3) is 0 Å². The molecule has 3 rings (SSSR count). The van der Waals surface area contributed by atoms with Gasteiger partial charge in [-0.05, 0) is 36.2 Å². The maximum atomic E-state index is 6.17. The molecule has 0 spiro atoms. The molecular formula is C18H20N6O. The van der Waals surface area contributed by atoms with E-state index in [2.05, 4.69) is 25.6 Å². The van der Waals surface area contributed by atoms with Crippen LogP contribution in [0.4, 0.5) is 23.1 Å². The number of methoxy groups -OCH3 is 1. The summed E-state index contributed by atoms with van der Waals surface area (Å²) in [6.07, 6.45) is 3.24. The van der Waals surface area contributed by atoms with Gasteiger partial charge >= 0.3 is 0 Å². The Hall–Kier alpha value is -3.35. The third kappa shape index (κ3) is 4.14. The number of pyridine rings is 1. The third-order valence-corrected chi connectivity index (χ3v) is 3.66. The van der Waals surface area contributed by atoms with Crippen LogP contribution in [0.3, 0.4) is 0 Å². The number of hydrogen-bond donors (Lipinski definition) is 3. The summed E-state index contributed by atoms with van der Waals surface area (Å²) in [6.45, 7) is 2.57. The molecule has 128 valence electrons. The average molecular weight is 336 g/mol. The predicted molar refractivity (Wildman–Crippen MR) is 99.0 cm³/mol. The zero-order chi connectivity index (χ0) is 17.6. The SMILES string of the molecule is COc1ccc(CNc2ncnc(Nc3ccc(C)cn3)c2N)cc1. The van der Waals surface area contributed by atoms with Crippen LogP contribution in [0.1, 0.15) is 11.1 Å². The van der Waals surface area contributed by atoms with Crippen molar-refractivity contribution in [2.45, 2.75) is 13.5 Å². The van der Waals surface area contributed by atoms with Crippen LogP contribution in [0.15, 0.2) is 48.9 Å². The van der Waals surface area contributed by atoms with Crippen LogP contribution in [-0.2, 0) is 6.54 Å². The van der Waals surface area contributed by atoms with Crippen LogP contribution in [0.25, 0.3) is 0 Å². The van der Waals surface area contributed by atoms with E-state index in [9.17, 15) is 0 Å². The lowest BCUT2D eigenvalue weighted by molar-refractivity contribution is 0.414. The van der Waals surface area contributed by atoms with Gasteiger partial charge in [0.15, 0.2) is 11.6 Å². The van der Waals surface area contributed by atoms with Gasteiger partial charge in [-0.1, -0.05) is 18.2 Å². The van der Waals surface area contributed by atoms with E-state index >= 15 is 0 Å². The molecule has 0 saturated heterocycles. The van der Waals surface area contributed by atoms with E-state index in [1.807, 2.05) is 43.3 Å². The Morgan fingerprint density at radius 2 is 1.76 bits per heavy atom. The fourth-order valence-electron chi connectivity index (χ4n) is 2.23. The second-order valence-electron chi connectivity index (χ2n) is 5.53. The first-order valence-corrected chi connectivity index (χ1v) is 7.82. The highest BCUT2D eigenvalue weighted by atomic mass is 16.5. The van der Waals surface area contributed by atoms with Crippen molar-refractivity contribution in [2.24, 2.45) is 0 Å². The zero-order valence-electron chi connectivity index (χ0n) is 14.2. The second kappa shape index (κ2) is 7.48. The van der Waals surface area contributed by atoms with Crippen LogP contribution in [0.2, 0.25) is 0 Å². The Morgan fingerprint density at radius 1 is 1.00 bits per heavy atom. The Morgan fingerprint density at radius 3 is 2.44 bits per heavy atom. The number of anilines is 4. The molecule has 1 aromatic carbocycles. The number of aromatic nitrogens is 3. The van der Waals surface area contributed by atoms with Gasteiger partial charge in [0.05, 0.1) is 7.11 Å². The Balaban J connectivity index is 1.70. The lowest BCUT2D eigenvalue weighted by Crippen LogP contribution is -2.08. The predicted octanol–water partition coefficient (Wildman–Crippen LogP) is 3.13. The van der Waals surface area contributed by atoms with Crippen LogP contribution in [0, 0.1) is 6.92 Å². The molecule has 0 radical (unpaired) electrons. The Labute approximate surface area is 146 Å². The molecular weight excluding hydrogens is 316 g/mol. The first kappa shape index (κ1) is 16.5. The Kier molecular flexibility index (Phi) is 4.94. The lowest BCUT2D eigenvalue weighted by atomic mass is 10.2. The molecule has 2 aromatic heterocycles. The van der Waals surface area contributed by atoms with E-state index in [1.54, 1.807) is 13.3 Å². The Bertz CT molecular complexity index is 833. The molecule has 0 fully saturated rings. The van der Waals surface area contributed by atoms with Gasteiger partial charge < -0.3 is 21.1 Å². The quantitative estimate of drug-likeness (QED) is 0.636. The number of ether oxygens (including phenoxy) is 1. The molecule has 7 nitrogen and oxygen atoms in total. The molecule has 0 bridgehead atoms. The fourth-order valence-corrected chi connectivity index (χ4v) is 2.23. The number of nitrogens with zero attached hydrogens (tertiary/aromatic N) is 3. The summed E-state index contributed by atoms with van der Waals surface area (Å²) in [7, 11) is 1.65. The van der Waals surface area contributed by atoms with Crippen molar-refractivity contribution >= 4 is 23.1 Å². The highest BCUT2D eigenvalue weighted by molar-refractivity contribution is 5.76. The molecule has 4 N–H and O–H groups in total. The standard InChI is InChI=1S/C18H20N6O/c1-12-3-8-15(20-9-12)24-18-16(19)17(22-11-23-18)21-10-13-4-6-14(25-2)7-5-13/h3-9,11H,10,19H2,1-2H3,(H2,20,21,22,23,24). The minimum absolute atomic E-state index is 0.443. The van der Waals surface area contributed by atoms with Crippen LogP contribution in [-0.4, -0.2) is 22.1 Å². The monoisotopic (exact) mass is 336 g/mol. The van der Waals surface area contributed by atoms with Gasteiger partial charge in [-0.25, -0.2) is 15.0 Å². The maximum absolute atomic E-state index is 6.17. The number of hydrogen-bond acceptors (Lipinski definition) is 7. The summed E-state index contributed by atoms with van der Waals surface area (Å²) in [4.78, 5) is 12.7. The molecule has 0 amide bonds. The van der Waals surface area contributed by atoms with Crippen molar-refractivity contribution in [1.29, 1.82) is 0 Å². The van der Waals surface area contributed by atoms with E-state index in [0.717, 1.165) is 16.9 Å². The van der Waals surface area contributed by atoms with E-state index in [-0.39, 0.29) is 0 Å². The maximum Gasteiger partial charge on any atom is 0.160 e. The first-order chi connectivity index (χ1) is 12.2. The van der Waals surface area contributed by atoms with Crippen molar-refractivity contribution in [2.75, 3.05) is 23.5 Å². The van der Waals surface area contributed by atoms with Gasteiger partial charge in [-0.15, -0.1) is 0 Å². The number of rotatable bonds is 6. The van der Waals surface area contributed by atoms with E-state index in [0.29, 0.717) is 29.7 Å². The molecule has 2 heterocycles. The molecule has 7 heteroatoms. The van der Waals surface area contributed by atoms with Crippen molar-refractivity contribution in [3.63, 3.8) is 0 Å². The number of nitrogens with one attached hydrogen (secondary N) is 2. The molecule has 0 unspecified atom stereocenters. The summed E-state index contributed by atoms with van der Waals surface area (Å²) < 4.78 is 5.16. The smallest absolute Gasteiger partial charge is 0.160 e. The minimum Gasteiger partial charge on any atom is -0.497 e. The molecule has 0 saturated carbocycles. The van der Waals surface area contributed by atoms with Gasteiger partial charge in [-0.3, -0.25) is 0 Å². The fraction of sp³-hybridized carbons (Fsp3) is 0.167. The number of aryl methyl sites for hydroxylation is 1. The van der Waals surface area contributed by atoms with E-state index in [1.165, 1.54) is 6.33 Å². The average Bonchev–Trinajstić information content (AvgIpc) is 2.64. The van der Waals surface area contributed by atoms with Crippen LogP contribution >= 0.6 is 0 Å². The van der Waals surface area contributed by atoms with Crippen LogP contribution < -0.4 is 21.1 Å². The molecule has 0 aliphatic heterocycles. The summed E-state index contributed by atoms with van der Waals surface area (Å²) in [5.74, 6) is 2.59. The molecule has 0 aliphatic rings. The highest BCUT2D eigenvalue weighted by Crippen LogP contribution is 2.25. The molecule has 3 aromatic rings. The van der Waals surface area contributed by atoms with Crippen molar-refractivity contribution < 1.29 is 4.74 Å². The summed E-state index contributed by atoms with van der Waals surface area (Å²) in [5.41, 5.74) is 8.79. The van der Waals surface area contributed by atoms with Gasteiger partial charge in [0.2, 0.25) is 0 Å². The van der Waals surface area contributed by atoms with Crippen molar-refractivity contribution in [3.05, 3.63) is 60.0 Å². The van der Waals surface area contributed by atoms with Gasteiger partial charge in [-0.2, -0.15) is 0 Å². The lowest BCUT2D eigenvalue weighted by Gasteiger charge is -2.12. The summed E-state index contributed by atoms with van der Waals surface area (Å²) in [6, 6.07) is 11.6. The molecule has 25 heavy (non-hydrogen) atoms. The normalized spacial score (nSPS) is 10.3. The summed E-state index contributed by atoms with van der Waals surface area (Å²) in [5, 5.41) is 6.33. The first-order valence-electron chi connectivity index (χ1n) is 7.82. The topological polar surface area (TPSA) is 98.0 Å². The number of nitrogens with two attached hydrogens (primary N) is 1. The largest absolute Gasteiger partial charge is 0.497 e. The zero-order valence-corrected chi connectivity index (χ0v) is 14.2. The number of nitrogen functional groups attached to an aromatic ring is 1. The third-order valence-electron chi connectivity index (χ3n) is 3.66. The van der Waals surface area contributed by atoms with E-state index < -0.39 is 0 Å². The van der Waals surface area contributed by atoms with Crippen molar-refractivity contribution in [3.8, 4) is 5.75 Å². The molecule has 0 atom stereocenters. The summed E-state index contributed by atoms with van der Waals surface area (Å²) >= 11 is 0. The van der Waals surface area contributed by atoms with Gasteiger partial charge in [0, 0.05) is 12.7 Å². The van der Waals surface area contributed by atoms with Crippen LogP contribution in [0.5, 0.6) is 5.75 Å². The minimum atomic E-state index is 0.443.